The summed E-state index contributed by atoms with van der Waals surface area (Å²) in [6, 6.07) is 8.27. The topological polar surface area (TPSA) is 140 Å². The highest BCUT2D eigenvalue weighted by molar-refractivity contribution is 6.15. The molecular weight excluding hydrogens is 452 g/mol. The number of fused-ring (bicyclic) bond motifs is 5. The van der Waals surface area contributed by atoms with E-state index in [4.69, 9.17) is 15.2 Å². The number of nitrogens with two attached hydrogens (primary N) is 1. The maximum absolute atomic E-state index is 13.9. The molecule has 2 fully saturated rings. The molecule has 2 aromatic rings. The number of imide groups is 1. The molecule has 4 aliphatic heterocycles. The van der Waals surface area contributed by atoms with Gasteiger partial charge in [0.05, 0.1) is 18.4 Å². The van der Waals surface area contributed by atoms with Crippen LogP contribution in [-0.4, -0.2) is 41.4 Å². The van der Waals surface area contributed by atoms with Crippen molar-refractivity contribution in [2.75, 3.05) is 12.1 Å². The summed E-state index contributed by atoms with van der Waals surface area (Å²) in [5.74, 6) is -2.68. The van der Waals surface area contributed by atoms with Crippen molar-refractivity contribution < 1.29 is 28.7 Å². The number of hydrogen-bond acceptors (Lipinski definition) is 7. The fourth-order valence-electron chi connectivity index (χ4n) is 6.09. The van der Waals surface area contributed by atoms with Crippen molar-refractivity contribution in [3.8, 4) is 11.5 Å². The Morgan fingerprint density at radius 2 is 1.89 bits per heavy atom. The number of amides is 4. The SMILES string of the molecule is Cc1cc(C)c2c(c1)[C@]1(N[C@@H](CC(N)=O)[C@H]3C(=O)N(Cc4ccc5c(c4)OCO5)C(=O)[C@@H]31)C(=O)N2. The first kappa shape index (κ1) is 21.6. The first-order chi connectivity index (χ1) is 16.7. The molecule has 4 atom stereocenters. The molecule has 4 aliphatic rings. The van der Waals surface area contributed by atoms with E-state index >= 15 is 0 Å². The lowest BCUT2D eigenvalue weighted by molar-refractivity contribution is -0.143. The Morgan fingerprint density at radius 1 is 1.11 bits per heavy atom. The first-order valence-corrected chi connectivity index (χ1v) is 11.4. The van der Waals surface area contributed by atoms with Crippen LogP contribution in [0.2, 0.25) is 0 Å². The van der Waals surface area contributed by atoms with Gasteiger partial charge in [-0.15, -0.1) is 0 Å². The second-order valence-electron chi connectivity index (χ2n) is 9.64. The normalized spacial score (nSPS) is 28.0. The minimum atomic E-state index is -1.47. The second-order valence-corrected chi connectivity index (χ2v) is 9.64. The molecule has 4 heterocycles. The van der Waals surface area contributed by atoms with Gasteiger partial charge in [0.1, 0.15) is 5.54 Å². The summed E-state index contributed by atoms with van der Waals surface area (Å²) in [6.45, 7) is 3.92. The summed E-state index contributed by atoms with van der Waals surface area (Å²) in [6.07, 6.45) is -0.173. The van der Waals surface area contributed by atoms with Crippen molar-refractivity contribution in [3.63, 3.8) is 0 Å². The number of rotatable bonds is 4. The third-order valence-electron chi connectivity index (χ3n) is 7.46. The Bertz CT molecular complexity index is 1340. The van der Waals surface area contributed by atoms with E-state index < -0.39 is 47.0 Å². The molecule has 6 rings (SSSR count). The number of nitrogens with one attached hydrogen (secondary N) is 2. The third-order valence-corrected chi connectivity index (χ3v) is 7.46. The van der Waals surface area contributed by atoms with Gasteiger partial charge in [0.25, 0.3) is 0 Å². The smallest absolute Gasteiger partial charge is 0.250 e. The van der Waals surface area contributed by atoms with Crippen LogP contribution < -0.4 is 25.8 Å². The van der Waals surface area contributed by atoms with Crippen molar-refractivity contribution in [2.45, 2.75) is 38.4 Å². The number of carbonyl (C=O) groups is 4. The van der Waals surface area contributed by atoms with Gasteiger partial charge in [0.15, 0.2) is 11.5 Å². The van der Waals surface area contributed by atoms with Gasteiger partial charge in [-0.2, -0.15) is 0 Å². The number of likely N-dealkylation sites (tertiary alicyclic amines) is 1. The summed E-state index contributed by atoms with van der Waals surface area (Å²) in [7, 11) is 0. The number of nitrogens with zero attached hydrogens (tertiary/aromatic N) is 1. The summed E-state index contributed by atoms with van der Waals surface area (Å²) >= 11 is 0. The fourth-order valence-corrected chi connectivity index (χ4v) is 6.09. The van der Waals surface area contributed by atoms with Gasteiger partial charge in [0.2, 0.25) is 30.4 Å². The van der Waals surface area contributed by atoms with E-state index in [0.717, 1.165) is 11.1 Å². The standard InChI is InChI=1S/C25H24N4O6/c1-11-5-12(2)21-14(6-11)25(24(33)27-21)20-19(15(28-25)8-18(26)30)22(31)29(23(20)32)9-13-3-4-16-17(7-13)35-10-34-16/h3-7,15,19-20,28H,8-10H2,1-2H3,(H2,26,30)(H,27,33)/t15-,19+,20+,25+/m0/s1. The van der Waals surface area contributed by atoms with Gasteiger partial charge >= 0.3 is 0 Å². The molecule has 10 heteroatoms. The first-order valence-electron chi connectivity index (χ1n) is 11.4. The van der Waals surface area contributed by atoms with E-state index in [1.165, 1.54) is 4.90 Å². The summed E-state index contributed by atoms with van der Waals surface area (Å²) in [5.41, 5.74) is 7.74. The van der Waals surface area contributed by atoms with Crippen LogP contribution in [0.25, 0.3) is 0 Å². The zero-order chi connectivity index (χ0) is 24.6. The molecule has 0 unspecified atom stereocenters. The highest BCUT2D eigenvalue weighted by atomic mass is 16.7. The molecule has 0 aromatic heterocycles. The summed E-state index contributed by atoms with van der Waals surface area (Å²) in [5, 5.41) is 6.13. The number of aryl methyl sites for hydroxylation is 2. The molecule has 2 aromatic carbocycles. The molecule has 4 N–H and O–H groups in total. The van der Waals surface area contributed by atoms with Crippen molar-refractivity contribution in [1.82, 2.24) is 10.2 Å². The lowest BCUT2D eigenvalue weighted by atomic mass is 9.76. The van der Waals surface area contributed by atoms with Gasteiger partial charge in [-0.25, -0.2) is 0 Å². The minimum Gasteiger partial charge on any atom is -0.454 e. The van der Waals surface area contributed by atoms with E-state index in [0.29, 0.717) is 28.3 Å². The Balaban J connectivity index is 1.44. The fraction of sp³-hybridized carbons (Fsp3) is 0.360. The van der Waals surface area contributed by atoms with Crippen LogP contribution >= 0.6 is 0 Å². The minimum absolute atomic E-state index is 0.0159. The number of hydrogen-bond donors (Lipinski definition) is 3. The molecule has 10 nitrogen and oxygen atoms in total. The quantitative estimate of drug-likeness (QED) is 0.555. The highest BCUT2D eigenvalue weighted by Gasteiger charge is 2.70. The molecule has 0 saturated carbocycles. The zero-order valence-electron chi connectivity index (χ0n) is 19.2. The maximum Gasteiger partial charge on any atom is 0.250 e. The molecule has 35 heavy (non-hydrogen) atoms. The zero-order valence-corrected chi connectivity index (χ0v) is 19.2. The van der Waals surface area contributed by atoms with Gasteiger partial charge in [-0.05, 0) is 37.1 Å². The average Bonchev–Trinajstić information content (AvgIpc) is 3.51. The molecule has 180 valence electrons. The Labute approximate surface area is 200 Å². The average molecular weight is 476 g/mol. The predicted molar refractivity (Wildman–Crippen MR) is 122 cm³/mol. The summed E-state index contributed by atoms with van der Waals surface area (Å²) < 4.78 is 10.8. The predicted octanol–water partition coefficient (Wildman–Crippen LogP) is 0.828. The van der Waals surface area contributed by atoms with Crippen LogP contribution in [0.3, 0.4) is 0 Å². The van der Waals surface area contributed by atoms with Crippen LogP contribution in [0.15, 0.2) is 30.3 Å². The van der Waals surface area contributed by atoms with E-state index in [2.05, 4.69) is 10.6 Å². The number of primary amides is 1. The van der Waals surface area contributed by atoms with Crippen LogP contribution in [0.1, 0.15) is 28.7 Å². The number of ether oxygens (including phenoxy) is 2. The van der Waals surface area contributed by atoms with Gasteiger partial charge in [0, 0.05) is 23.7 Å². The van der Waals surface area contributed by atoms with Gasteiger partial charge in [-0.1, -0.05) is 23.8 Å². The van der Waals surface area contributed by atoms with Crippen LogP contribution in [-0.2, 0) is 31.3 Å². The maximum atomic E-state index is 13.9. The summed E-state index contributed by atoms with van der Waals surface area (Å²) in [4.78, 5) is 54.1. The van der Waals surface area contributed by atoms with Crippen molar-refractivity contribution in [1.29, 1.82) is 0 Å². The molecule has 1 spiro atoms. The largest absolute Gasteiger partial charge is 0.454 e. The Hall–Kier alpha value is -3.92. The lowest BCUT2D eigenvalue weighted by Crippen LogP contribution is -2.53. The van der Waals surface area contributed by atoms with Gasteiger partial charge < -0.3 is 20.5 Å². The molecule has 2 saturated heterocycles. The second kappa shape index (κ2) is 7.29. The molecule has 4 amide bonds. The van der Waals surface area contributed by atoms with Crippen molar-refractivity contribution in [3.05, 3.63) is 52.6 Å². The number of carbonyl (C=O) groups excluding carboxylic acids is 4. The Kier molecular flexibility index (Phi) is 4.50. The van der Waals surface area contributed by atoms with Crippen LogP contribution in [0, 0.1) is 25.7 Å². The Morgan fingerprint density at radius 3 is 2.66 bits per heavy atom. The lowest BCUT2D eigenvalue weighted by Gasteiger charge is -2.29. The van der Waals surface area contributed by atoms with Gasteiger partial charge in [-0.3, -0.25) is 29.4 Å². The van der Waals surface area contributed by atoms with Crippen molar-refractivity contribution in [2.24, 2.45) is 17.6 Å². The van der Waals surface area contributed by atoms with E-state index in [1.54, 1.807) is 18.2 Å². The molecule has 0 aliphatic carbocycles. The van der Waals surface area contributed by atoms with E-state index in [9.17, 15) is 19.2 Å². The molecular formula is C25H24N4O6. The van der Waals surface area contributed by atoms with Crippen LogP contribution in [0.4, 0.5) is 5.69 Å². The van der Waals surface area contributed by atoms with Crippen molar-refractivity contribution >= 4 is 29.3 Å². The van der Waals surface area contributed by atoms with E-state index in [1.807, 2.05) is 26.0 Å². The monoisotopic (exact) mass is 476 g/mol. The number of benzene rings is 2. The highest BCUT2D eigenvalue weighted by Crippen LogP contribution is 2.54. The number of anilines is 1. The van der Waals surface area contributed by atoms with Crippen LogP contribution in [0.5, 0.6) is 11.5 Å². The third kappa shape index (κ3) is 2.92. The van der Waals surface area contributed by atoms with E-state index in [-0.39, 0.29) is 19.8 Å². The molecule has 0 radical (unpaired) electrons. The molecule has 0 bridgehead atoms.